The van der Waals surface area contributed by atoms with Gasteiger partial charge in [-0.2, -0.15) is 5.26 Å². The Morgan fingerprint density at radius 2 is 2.25 bits per heavy atom. The summed E-state index contributed by atoms with van der Waals surface area (Å²) in [5, 5.41) is 8.06. The molecular weight excluding hydrogens is 118 g/mol. The normalized spacial score (nSPS) is 8.50. The van der Waals surface area contributed by atoms with Crippen molar-refractivity contribution in [1.82, 2.24) is 0 Å². The van der Waals surface area contributed by atoms with Crippen molar-refractivity contribution in [2.24, 2.45) is 0 Å². The Bertz CT molecular complexity index is 79.0. The van der Waals surface area contributed by atoms with Crippen LogP contribution in [0.15, 0.2) is 0 Å². The zero-order valence-electron chi connectivity index (χ0n) is 4.72. The standard InChI is InChI=1S/C5H9NOSi/c6-4-2-1-3-5-8-7/h7H,1-3,5H2. The molecule has 0 spiro atoms. The number of nitrogens with zero attached hydrogens (tertiary/aromatic N) is 1. The molecule has 0 rings (SSSR count). The maximum Gasteiger partial charge on any atom is 0.224 e. The summed E-state index contributed by atoms with van der Waals surface area (Å²) < 4.78 is 0. The summed E-state index contributed by atoms with van der Waals surface area (Å²) in [7, 11) is 0.0596. The molecule has 44 valence electrons. The highest BCUT2D eigenvalue weighted by atomic mass is 28.2. The van der Waals surface area contributed by atoms with Crippen molar-refractivity contribution in [1.29, 1.82) is 5.26 Å². The van der Waals surface area contributed by atoms with Crippen molar-refractivity contribution >= 4 is 9.76 Å². The Morgan fingerprint density at radius 1 is 1.50 bits per heavy atom. The molecule has 0 saturated heterocycles. The van der Waals surface area contributed by atoms with Crippen LogP contribution >= 0.6 is 0 Å². The van der Waals surface area contributed by atoms with Crippen LogP contribution in [-0.2, 0) is 0 Å². The van der Waals surface area contributed by atoms with Crippen LogP contribution in [-0.4, -0.2) is 14.6 Å². The minimum atomic E-state index is 0.0596. The van der Waals surface area contributed by atoms with E-state index >= 15 is 0 Å². The topological polar surface area (TPSA) is 44.0 Å². The lowest BCUT2D eigenvalue weighted by Gasteiger charge is -1.87. The zero-order chi connectivity index (χ0) is 6.24. The van der Waals surface area contributed by atoms with Gasteiger partial charge in [0.25, 0.3) is 0 Å². The average molecular weight is 127 g/mol. The summed E-state index contributed by atoms with van der Waals surface area (Å²) in [6.45, 7) is 0. The molecular formula is C5H9NOSi. The fraction of sp³-hybridized carbons (Fsp3) is 0.800. The van der Waals surface area contributed by atoms with Gasteiger partial charge in [-0.3, -0.25) is 0 Å². The summed E-state index contributed by atoms with van der Waals surface area (Å²) in [5.74, 6) is 0. The number of unbranched alkanes of at least 4 members (excludes halogenated alkanes) is 2. The fourth-order valence-corrected chi connectivity index (χ4v) is 0.816. The van der Waals surface area contributed by atoms with Crippen molar-refractivity contribution < 1.29 is 4.80 Å². The summed E-state index contributed by atoms with van der Waals surface area (Å²) in [5.41, 5.74) is 0. The van der Waals surface area contributed by atoms with E-state index in [0.29, 0.717) is 6.42 Å². The van der Waals surface area contributed by atoms with Gasteiger partial charge in [0, 0.05) is 6.42 Å². The molecule has 0 aliphatic carbocycles. The third-order valence-electron chi connectivity index (χ3n) is 0.827. The average Bonchev–Trinajstić information content (AvgIpc) is 1.81. The van der Waals surface area contributed by atoms with E-state index in [4.69, 9.17) is 10.1 Å². The van der Waals surface area contributed by atoms with Gasteiger partial charge in [-0.05, 0) is 12.5 Å². The molecule has 0 heterocycles. The third-order valence-corrected chi connectivity index (χ3v) is 1.40. The number of nitriles is 1. The summed E-state index contributed by atoms with van der Waals surface area (Å²) in [6.07, 6.45) is 2.55. The second-order valence-electron chi connectivity index (χ2n) is 1.52. The van der Waals surface area contributed by atoms with Gasteiger partial charge in [0.05, 0.1) is 6.07 Å². The molecule has 0 amide bonds. The highest BCUT2D eigenvalue weighted by molar-refractivity contribution is 6.25. The van der Waals surface area contributed by atoms with E-state index in [9.17, 15) is 0 Å². The molecule has 3 heteroatoms. The fourth-order valence-electron chi connectivity index (χ4n) is 0.408. The smallest absolute Gasteiger partial charge is 0.224 e. The quantitative estimate of drug-likeness (QED) is 0.446. The van der Waals surface area contributed by atoms with Crippen LogP contribution in [0.2, 0.25) is 6.04 Å². The third kappa shape index (κ3) is 5.67. The SMILES string of the molecule is N#CCCCC[Si]O. The molecule has 1 N–H and O–H groups in total. The van der Waals surface area contributed by atoms with Crippen LogP contribution in [0, 0.1) is 11.3 Å². The van der Waals surface area contributed by atoms with Crippen molar-refractivity contribution in [3.63, 3.8) is 0 Å². The summed E-state index contributed by atoms with van der Waals surface area (Å²) in [6, 6.07) is 2.91. The summed E-state index contributed by atoms with van der Waals surface area (Å²) >= 11 is 0. The molecule has 8 heavy (non-hydrogen) atoms. The van der Waals surface area contributed by atoms with Gasteiger partial charge in [0.15, 0.2) is 0 Å². The molecule has 0 bridgehead atoms. The Hall–Kier alpha value is -0.333. The maximum atomic E-state index is 8.31. The van der Waals surface area contributed by atoms with Crippen LogP contribution in [0.25, 0.3) is 0 Å². The number of hydrogen-bond acceptors (Lipinski definition) is 2. The highest BCUT2D eigenvalue weighted by Crippen LogP contribution is 1.96. The van der Waals surface area contributed by atoms with Gasteiger partial charge in [-0.1, -0.05) is 6.42 Å². The van der Waals surface area contributed by atoms with E-state index in [2.05, 4.69) is 0 Å². The van der Waals surface area contributed by atoms with Crippen LogP contribution in [0.4, 0.5) is 0 Å². The van der Waals surface area contributed by atoms with E-state index in [-0.39, 0.29) is 9.76 Å². The molecule has 0 aliphatic heterocycles. The maximum absolute atomic E-state index is 8.31. The van der Waals surface area contributed by atoms with E-state index in [1.54, 1.807) is 0 Å². The van der Waals surface area contributed by atoms with Crippen molar-refractivity contribution in [2.75, 3.05) is 0 Å². The van der Waals surface area contributed by atoms with Gasteiger partial charge in [0.2, 0.25) is 9.76 Å². The van der Waals surface area contributed by atoms with E-state index in [1.807, 2.05) is 6.07 Å². The van der Waals surface area contributed by atoms with Gasteiger partial charge in [0.1, 0.15) is 0 Å². The first-order valence-corrected chi connectivity index (χ1v) is 3.81. The lowest BCUT2D eigenvalue weighted by atomic mass is 10.3. The molecule has 0 atom stereocenters. The Labute approximate surface area is 52.1 Å². The molecule has 0 aromatic carbocycles. The monoisotopic (exact) mass is 127 g/mol. The molecule has 2 nitrogen and oxygen atoms in total. The first-order valence-electron chi connectivity index (χ1n) is 2.65. The zero-order valence-corrected chi connectivity index (χ0v) is 5.72. The lowest BCUT2D eigenvalue weighted by molar-refractivity contribution is 0.593. The van der Waals surface area contributed by atoms with Gasteiger partial charge in [-0.25, -0.2) is 0 Å². The van der Waals surface area contributed by atoms with Gasteiger partial charge >= 0.3 is 0 Å². The predicted molar refractivity (Wildman–Crippen MR) is 32.2 cm³/mol. The van der Waals surface area contributed by atoms with Crippen molar-refractivity contribution in [3.05, 3.63) is 0 Å². The Kier molecular flexibility index (Phi) is 6.39. The van der Waals surface area contributed by atoms with Crippen LogP contribution in [0.1, 0.15) is 19.3 Å². The molecule has 0 fully saturated rings. The van der Waals surface area contributed by atoms with Gasteiger partial charge in [-0.15, -0.1) is 0 Å². The second-order valence-corrected chi connectivity index (χ2v) is 2.34. The summed E-state index contributed by atoms with van der Waals surface area (Å²) in [4.78, 5) is 8.31. The van der Waals surface area contributed by atoms with Crippen LogP contribution in [0.5, 0.6) is 0 Å². The highest BCUT2D eigenvalue weighted by Gasteiger charge is 1.85. The molecule has 0 aliphatic rings. The first-order chi connectivity index (χ1) is 3.91. The predicted octanol–water partition coefficient (Wildman–Crippen LogP) is 0.710. The minimum Gasteiger partial charge on any atom is -0.432 e. The van der Waals surface area contributed by atoms with Crippen LogP contribution < -0.4 is 0 Å². The number of rotatable bonds is 4. The Morgan fingerprint density at radius 3 is 2.75 bits per heavy atom. The van der Waals surface area contributed by atoms with Gasteiger partial charge < -0.3 is 4.80 Å². The van der Waals surface area contributed by atoms with E-state index in [0.717, 1.165) is 18.9 Å². The van der Waals surface area contributed by atoms with Crippen molar-refractivity contribution in [2.45, 2.75) is 25.3 Å². The molecule has 0 saturated carbocycles. The molecule has 0 aromatic rings. The second kappa shape index (κ2) is 6.67. The van der Waals surface area contributed by atoms with Crippen LogP contribution in [0.3, 0.4) is 0 Å². The Balaban J connectivity index is 2.65. The molecule has 2 radical (unpaired) electrons. The minimum absolute atomic E-state index is 0.0596. The van der Waals surface area contributed by atoms with E-state index in [1.165, 1.54) is 0 Å². The van der Waals surface area contributed by atoms with E-state index < -0.39 is 0 Å². The lowest BCUT2D eigenvalue weighted by Crippen LogP contribution is -1.84. The first kappa shape index (κ1) is 7.67. The number of hydrogen-bond donors (Lipinski definition) is 1. The largest absolute Gasteiger partial charge is 0.432 e. The molecule has 0 aromatic heterocycles. The van der Waals surface area contributed by atoms with Crippen molar-refractivity contribution in [3.8, 4) is 6.07 Å². The molecule has 0 unspecified atom stereocenters.